The van der Waals surface area contributed by atoms with Crippen LogP contribution >= 0.6 is 0 Å². The minimum atomic E-state index is -0.492. The Morgan fingerprint density at radius 3 is 2.42 bits per heavy atom. The van der Waals surface area contributed by atoms with Crippen LogP contribution in [-0.4, -0.2) is 42.5 Å². The van der Waals surface area contributed by atoms with Crippen molar-refractivity contribution in [1.82, 2.24) is 4.90 Å². The molecule has 1 aliphatic heterocycles. The number of hydrogen-bond donors (Lipinski definition) is 1. The van der Waals surface area contributed by atoms with E-state index in [1.165, 1.54) is 5.56 Å². The second-order valence-electron chi connectivity index (χ2n) is 6.56. The Labute approximate surface area is 153 Å². The van der Waals surface area contributed by atoms with Gasteiger partial charge in [0.15, 0.2) is 0 Å². The van der Waals surface area contributed by atoms with Gasteiger partial charge in [-0.05, 0) is 49.1 Å². The Morgan fingerprint density at radius 1 is 1.04 bits per heavy atom. The van der Waals surface area contributed by atoms with E-state index < -0.39 is 5.91 Å². The number of benzene rings is 2. The average Bonchev–Trinajstić information content (AvgIpc) is 3.14. The first-order chi connectivity index (χ1) is 12.6. The lowest BCUT2D eigenvalue weighted by Crippen LogP contribution is -2.30. The molecule has 1 unspecified atom stereocenters. The van der Waals surface area contributed by atoms with Crippen LogP contribution in [0.4, 0.5) is 0 Å². The summed E-state index contributed by atoms with van der Waals surface area (Å²) in [5.41, 5.74) is 7.52. The van der Waals surface area contributed by atoms with Crippen molar-refractivity contribution in [2.45, 2.75) is 25.4 Å². The highest BCUT2D eigenvalue weighted by molar-refractivity contribution is 5.97. The first-order valence-electron chi connectivity index (χ1n) is 8.98. The molecule has 1 atom stereocenters. The molecule has 2 N–H and O–H groups in total. The van der Waals surface area contributed by atoms with Crippen molar-refractivity contribution < 1.29 is 14.3 Å². The first kappa shape index (κ1) is 18.1. The smallest absolute Gasteiger partial charge is 0.253 e. The van der Waals surface area contributed by atoms with Gasteiger partial charge in [0.2, 0.25) is 5.91 Å². The lowest BCUT2D eigenvalue weighted by Gasteiger charge is -2.17. The van der Waals surface area contributed by atoms with E-state index in [1.807, 2.05) is 18.2 Å². The van der Waals surface area contributed by atoms with Gasteiger partial charge in [-0.25, -0.2) is 0 Å². The third-order valence-electron chi connectivity index (χ3n) is 4.65. The summed E-state index contributed by atoms with van der Waals surface area (Å²) in [6.07, 6.45) is 2.93. The number of carbonyl (C=O) groups excluding carboxylic acids is 2. The molecule has 136 valence electrons. The molecular weight excluding hydrogens is 328 g/mol. The van der Waals surface area contributed by atoms with Crippen molar-refractivity contribution in [3.8, 4) is 0 Å². The molecule has 5 nitrogen and oxygen atoms in total. The Bertz CT molecular complexity index is 744. The molecule has 2 aromatic carbocycles. The summed E-state index contributed by atoms with van der Waals surface area (Å²) in [6, 6.07) is 16.8. The van der Waals surface area contributed by atoms with Gasteiger partial charge in [-0.15, -0.1) is 0 Å². The maximum Gasteiger partial charge on any atom is 0.253 e. The summed E-state index contributed by atoms with van der Waals surface area (Å²) in [5, 5.41) is 0. The lowest BCUT2D eigenvalue weighted by molar-refractivity contribution is 0.0525. The predicted octanol–water partition coefficient (Wildman–Crippen LogP) is 2.65. The van der Waals surface area contributed by atoms with E-state index >= 15 is 0 Å². The molecule has 2 amide bonds. The third-order valence-corrected chi connectivity index (χ3v) is 4.65. The van der Waals surface area contributed by atoms with Crippen molar-refractivity contribution in [3.05, 3.63) is 71.3 Å². The number of rotatable bonds is 7. The molecular formula is C21H24N2O3. The molecule has 3 rings (SSSR count). The third kappa shape index (κ3) is 4.70. The summed E-state index contributed by atoms with van der Waals surface area (Å²) in [6.45, 7) is 2.01. The normalized spacial score (nSPS) is 16.6. The molecule has 1 heterocycles. The molecule has 0 spiro atoms. The molecule has 2 aromatic rings. The van der Waals surface area contributed by atoms with E-state index in [4.69, 9.17) is 10.5 Å². The number of aryl methyl sites for hydroxylation is 1. The molecule has 1 fully saturated rings. The number of carbonyl (C=O) groups is 2. The highest BCUT2D eigenvalue weighted by Crippen LogP contribution is 2.17. The second kappa shape index (κ2) is 8.63. The standard InChI is InChI=1S/C21H24N2O3/c22-20(24)17-8-10-18(11-9-17)21(25)23-13-12-19(15-23)26-14-4-7-16-5-2-1-3-6-16/h1-3,5-6,8-11,19H,4,7,12-15H2,(H2,22,24). The van der Waals surface area contributed by atoms with Crippen molar-refractivity contribution >= 4 is 11.8 Å². The van der Waals surface area contributed by atoms with Gasteiger partial charge in [0.25, 0.3) is 5.91 Å². The van der Waals surface area contributed by atoms with Crippen LogP contribution in [0.2, 0.25) is 0 Å². The number of ether oxygens (including phenoxy) is 1. The quantitative estimate of drug-likeness (QED) is 0.779. The summed E-state index contributed by atoms with van der Waals surface area (Å²) >= 11 is 0. The Balaban J connectivity index is 1.43. The average molecular weight is 352 g/mol. The first-order valence-corrected chi connectivity index (χ1v) is 8.98. The van der Waals surface area contributed by atoms with E-state index in [9.17, 15) is 9.59 Å². The van der Waals surface area contributed by atoms with Gasteiger partial charge in [0, 0.05) is 30.8 Å². The molecule has 5 heteroatoms. The van der Waals surface area contributed by atoms with Gasteiger partial charge >= 0.3 is 0 Å². The van der Waals surface area contributed by atoms with Crippen LogP contribution in [0.3, 0.4) is 0 Å². The number of primary amides is 1. The number of hydrogen-bond acceptors (Lipinski definition) is 3. The zero-order valence-corrected chi connectivity index (χ0v) is 14.8. The largest absolute Gasteiger partial charge is 0.376 e. The number of likely N-dealkylation sites (tertiary alicyclic amines) is 1. The van der Waals surface area contributed by atoms with Crippen LogP contribution in [0.1, 0.15) is 39.1 Å². The van der Waals surface area contributed by atoms with Crippen LogP contribution in [-0.2, 0) is 11.2 Å². The monoisotopic (exact) mass is 352 g/mol. The minimum absolute atomic E-state index is 0.0311. The Hall–Kier alpha value is -2.66. The van der Waals surface area contributed by atoms with Crippen molar-refractivity contribution in [1.29, 1.82) is 0 Å². The highest BCUT2D eigenvalue weighted by atomic mass is 16.5. The van der Waals surface area contributed by atoms with Crippen LogP contribution in [0, 0.1) is 0 Å². The maximum atomic E-state index is 12.5. The molecule has 1 aliphatic rings. The van der Waals surface area contributed by atoms with E-state index in [2.05, 4.69) is 12.1 Å². The fourth-order valence-electron chi connectivity index (χ4n) is 3.18. The van der Waals surface area contributed by atoms with Crippen LogP contribution in [0.25, 0.3) is 0 Å². The van der Waals surface area contributed by atoms with Crippen molar-refractivity contribution in [3.63, 3.8) is 0 Å². The van der Waals surface area contributed by atoms with Crippen molar-refractivity contribution in [2.24, 2.45) is 5.73 Å². The molecule has 0 radical (unpaired) electrons. The summed E-state index contributed by atoms with van der Waals surface area (Å²) < 4.78 is 5.94. The highest BCUT2D eigenvalue weighted by Gasteiger charge is 2.27. The molecule has 26 heavy (non-hydrogen) atoms. The predicted molar refractivity (Wildman–Crippen MR) is 100.0 cm³/mol. The van der Waals surface area contributed by atoms with Crippen molar-refractivity contribution in [2.75, 3.05) is 19.7 Å². The summed E-state index contributed by atoms with van der Waals surface area (Å²) in [5.74, 6) is -0.523. The number of nitrogens with two attached hydrogens (primary N) is 1. The Morgan fingerprint density at radius 2 is 1.73 bits per heavy atom. The summed E-state index contributed by atoms with van der Waals surface area (Å²) in [4.78, 5) is 25.5. The fraction of sp³-hybridized carbons (Fsp3) is 0.333. The second-order valence-corrected chi connectivity index (χ2v) is 6.56. The van der Waals surface area contributed by atoms with Gasteiger partial charge in [0.05, 0.1) is 6.10 Å². The lowest BCUT2D eigenvalue weighted by atomic mass is 10.1. The maximum absolute atomic E-state index is 12.5. The molecule has 1 saturated heterocycles. The molecule has 0 saturated carbocycles. The van der Waals surface area contributed by atoms with Crippen LogP contribution in [0.5, 0.6) is 0 Å². The van der Waals surface area contributed by atoms with Gasteiger partial charge in [-0.3, -0.25) is 9.59 Å². The zero-order valence-electron chi connectivity index (χ0n) is 14.8. The Kier molecular flexibility index (Phi) is 6.02. The SMILES string of the molecule is NC(=O)c1ccc(C(=O)N2CCC(OCCCc3ccccc3)C2)cc1. The summed E-state index contributed by atoms with van der Waals surface area (Å²) in [7, 11) is 0. The topological polar surface area (TPSA) is 72.6 Å². The fourth-order valence-corrected chi connectivity index (χ4v) is 3.18. The number of amides is 2. The van der Waals surface area contributed by atoms with Gasteiger partial charge in [-0.2, -0.15) is 0 Å². The van der Waals surface area contributed by atoms with E-state index in [1.54, 1.807) is 29.2 Å². The van der Waals surface area contributed by atoms with Crippen LogP contribution < -0.4 is 5.73 Å². The van der Waals surface area contributed by atoms with Gasteiger partial charge in [0.1, 0.15) is 0 Å². The zero-order chi connectivity index (χ0) is 18.4. The van der Waals surface area contributed by atoms with Gasteiger partial charge < -0.3 is 15.4 Å². The van der Waals surface area contributed by atoms with E-state index in [-0.39, 0.29) is 12.0 Å². The van der Waals surface area contributed by atoms with Gasteiger partial charge in [-0.1, -0.05) is 30.3 Å². The minimum Gasteiger partial charge on any atom is -0.376 e. The van der Waals surface area contributed by atoms with E-state index in [0.29, 0.717) is 30.8 Å². The van der Waals surface area contributed by atoms with Crippen LogP contribution in [0.15, 0.2) is 54.6 Å². The molecule has 0 aliphatic carbocycles. The molecule has 0 aromatic heterocycles. The van der Waals surface area contributed by atoms with E-state index in [0.717, 1.165) is 19.3 Å². The molecule has 0 bridgehead atoms. The number of nitrogens with zero attached hydrogens (tertiary/aromatic N) is 1.